The van der Waals surface area contributed by atoms with E-state index in [1.165, 1.54) is 11.1 Å². The smallest absolute Gasteiger partial charge is 0.475 e. The minimum atomic E-state index is -5.08. The van der Waals surface area contributed by atoms with Gasteiger partial charge >= 0.3 is 12.1 Å². The Bertz CT molecular complexity index is 865. The number of anilines is 1. The zero-order chi connectivity index (χ0) is 18.4. The molecule has 2 aromatic carbocycles. The number of hydrogen-bond acceptors (Lipinski definition) is 3. The number of carbonyl (C=O) groups is 1. The van der Waals surface area contributed by atoms with Crippen molar-refractivity contribution >= 4 is 22.6 Å². The first-order valence-corrected chi connectivity index (χ1v) is 7.24. The highest BCUT2D eigenvalue weighted by Crippen LogP contribution is 2.18. The molecular weight excluding hydrogens is 333 g/mol. The summed E-state index contributed by atoms with van der Waals surface area (Å²) in [6.45, 7) is 0. The summed E-state index contributed by atoms with van der Waals surface area (Å²) >= 11 is 0. The molecule has 0 atom stereocenters. The fourth-order valence-corrected chi connectivity index (χ4v) is 2.14. The second-order valence-electron chi connectivity index (χ2n) is 5.26. The molecule has 4 nitrogen and oxygen atoms in total. The van der Waals surface area contributed by atoms with Gasteiger partial charge in [-0.2, -0.15) is 13.2 Å². The van der Waals surface area contributed by atoms with Crippen LogP contribution < -0.4 is 5.73 Å². The third-order valence-electron chi connectivity index (χ3n) is 3.26. The maximum absolute atomic E-state index is 10.6. The number of aromatic nitrogens is 1. The topological polar surface area (TPSA) is 76.2 Å². The zero-order valence-corrected chi connectivity index (χ0v) is 13.0. The van der Waals surface area contributed by atoms with Gasteiger partial charge in [-0.25, -0.2) is 4.79 Å². The van der Waals surface area contributed by atoms with Crippen LogP contribution in [0.5, 0.6) is 0 Å². The normalized spacial score (nSPS) is 10.8. The maximum atomic E-state index is 10.6. The van der Waals surface area contributed by atoms with E-state index in [1.54, 1.807) is 6.20 Å². The summed E-state index contributed by atoms with van der Waals surface area (Å²) in [6.07, 6.45) is -2.45. The van der Waals surface area contributed by atoms with Gasteiger partial charge < -0.3 is 10.8 Å². The molecule has 0 amide bonds. The third-order valence-corrected chi connectivity index (χ3v) is 3.26. The molecule has 0 aliphatic carbocycles. The van der Waals surface area contributed by atoms with Crippen LogP contribution in [0.25, 0.3) is 10.9 Å². The van der Waals surface area contributed by atoms with E-state index in [4.69, 9.17) is 15.6 Å². The van der Waals surface area contributed by atoms with Crippen molar-refractivity contribution in [1.29, 1.82) is 0 Å². The van der Waals surface area contributed by atoms with Crippen molar-refractivity contribution in [1.82, 2.24) is 4.98 Å². The molecule has 3 rings (SSSR count). The molecule has 3 aromatic rings. The number of alkyl halides is 3. The lowest BCUT2D eigenvalue weighted by Gasteiger charge is -2.04. The maximum Gasteiger partial charge on any atom is 0.490 e. The lowest BCUT2D eigenvalue weighted by atomic mass is 10.0. The Hall–Kier alpha value is -3.09. The molecule has 1 heterocycles. The SMILES string of the molecule is Nc1cnc2ccc(Cc3ccccc3)cc2c1.O=C(O)C(F)(F)F. The number of carboxylic acids is 1. The highest BCUT2D eigenvalue weighted by Gasteiger charge is 2.38. The molecule has 0 radical (unpaired) electrons. The second kappa shape index (κ2) is 7.65. The first-order valence-electron chi connectivity index (χ1n) is 7.24. The van der Waals surface area contributed by atoms with Crippen LogP contribution in [-0.2, 0) is 11.2 Å². The van der Waals surface area contributed by atoms with Gasteiger partial charge in [-0.05, 0) is 35.7 Å². The molecule has 0 saturated carbocycles. The molecule has 0 aliphatic heterocycles. The van der Waals surface area contributed by atoms with Gasteiger partial charge in [0.2, 0.25) is 0 Å². The number of fused-ring (bicyclic) bond motifs is 1. The van der Waals surface area contributed by atoms with Crippen LogP contribution >= 0.6 is 0 Å². The van der Waals surface area contributed by atoms with Gasteiger partial charge in [0.05, 0.1) is 17.4 Å². The van der Waals surface area contributed by atoms with Crippen molar-refractivity contribution in [3.63, 3.8) is 0 Å². The standard InChI is InChI=1S/C16H14N2.C2HF3O2/c17-15-10-14-9-13(6-7-16(14)18-11-15)8-12-4-2-1-3-5-12;3-2(4,5)1(6)7/h1-7,9-11H,8,17H2;(H,6,7). The van der Waals surface area contributed by atoms with Crippen LogP contribution in [-0.4, -0.2) is 22.2 Å². The van der Waals surface area contributed by atoms with Crippen molar-refractivity contribution in [3.8, 4) is 0 Å². The number of carboxylic acid groups (broad SMARTS) is 1. The number of aliphatic carboxylic acids is 1. The average molecular weight is 348 g/mol. The van der Waals surface area contributed by atoms with E-state index in [2.05, 4.69) is 41.4 Å². The Morgan fingerprint density at radius 1 is 1.04 bits per heavy atom. The third kappa shape index (κ3) is 5.49. The van der Waals surface area contributed by atoms with Gasteiger partial charge in [-0.3, -0.25) is 4.98 Å². The van der Waals surface area contributed by atoms with Crippen LogP contribution in [0.4, 0.5) is 18.9 Å². The average Bonchev–Trinajstić information content (AvgIpc) is 2.55. The van der Waals surface area contributed by atoms with E-state index < -0.39 is 12.1 Å². The highest BCUT2D eigenvalue weighted by molar-refractivity contribution is 5.81. The number of nitrogen functional groups attached to an aromatic ring is 1. The molecule has 7 heteroatoms. The highest BCUT2D eigenvalue weighted by atomic mass is 19.4. The molecular formula is C18H15F3N2O2. The Kier molecular flexibility index (Phi) is 5.59. The van der Waals surface area contributed by atoms with Crippen molar-refractivity contribution in [3.05, 3.63) is 71.9 Å². The summed E-state index contributed by atoms with van der Waals surface area (Å²) in [7, 11) is 0. The second-order valence-corrected chi connectivity index (χ2v) is 5.26. The number of hydrogen-bond donors (Lipinski definition) is 2. The molecule has 0 unspecified atom stereocenters. The van der Waals surface area contributed by atoms with E-state index in [1.807, 2.05) is 18.2 Å². The number of nitrogens with zero attached hydrogens (tertiary/aromatic N) is 1. The minimum Gasteiger partial charge on any atom is -0.475 e. The van der Waals surface area contributed by atoms with E-state index in [0.29, 0.717) is 5.69 Å². The van der Waals surface area contributed by atoms with E-state index in [-0.39, 0.29) is 0 Å². The van der Waals surface area contributed by atoms with Crippen LogP contribution in [0, 0.1) is 0 Å². The number of benzene rings is 2. The summed E-state index contributed by atoms with van der Waals surface area (Å²) in [5, 5.41) is 8.23. The Balaban J connectivity index is 0.000000277. The fraction of sp³-hybridized carbons (Fsp3) is 0.111. The van der Waals surface area contributed by atoms with Gasteiger partial charge in [-0.1, -0.05) is 36.4 Å². The largest absolute Gasteiger partial charge is 0.490 e. The first kappa shape index (κ1) is 18.3. The van der Waals surface area contributed by atoms with Gasteiger partial charge in [0.15, 0.2) is 0 Å². The Morgan fingerprint density at radius 2 is 1.68 bits per heavy atom. The monoisotopic (exact) mass is 348 g/mol. The molecule has 0 fully saturated rings. The molecule has 3 N–H and O–H groups in total. The quantitative estimate of drug-likeness (QED) is 0.733. The summed E-state index contributed by atoms with van der Waals surface area (Å²) in [5.74, 6) is -2.76. The van der Waals surface area contributed by atoms with Crippen molar-refractivity contribution < 1.29 is 23.1 Å². The summed E-state index contributed by atoms with van der Waals surface area (Å²) in [4.78, 5) is 13.2. The van der Waals surface area contributed by atoms with Crippen LogP contribution in [0.2, 0.25) is 0 Å². The molecule has 130 valence electrons. The van der Waals surface area contributed by atoms with Crippen LogP contribution in [0.3, 0.4) is 0 Å². The Morgan fingerprint density at radius 3 is 2.28 bits per heavy atom. The predicted molar refractivity (Wildman–Crippen MR) is 89.1 cm³/mol. The lowest BCUT2D eigenvalue weighted by molar-refractivity contribution is -0.192. The first-order chi connectivity index (χ1) is 11.8. The number of halogens is 3. The van der Waals surface area contributed by atoms with E-state index in [0.717, 1.165) is 17.3 Å². The Labute approximate surface area is 141 Å². The van der Waals surface area contributed by atoms with Gasteiger partial charge in [0.25, 0.3) is 0 Å². The number of rotatable bonds is 2. The molecule has 25 heavy (non-hydrogen) atoms. The molecule has 0 aliphatic rings. The lowest BCUT2D eigenvalue weighted by Crippen LogP contribution is -2.21. The number of pyridine rings is 1. The van der Waals surface area contributed by atoms with E-state index >= 15 is 0 Å². The van der Waals surface area contributed by atoms with Gasteiger partial charge in [0.1, 0.15) is 0 Å². The minimum absolute atomic E-state index is 0.708. The van der Waals surface area contributed by atoms with Gasteiger partial charge in [0, 0.05) is 5.39 Å². The summed E-state index contributed by atoms with van der Waals surface area (Å²) < 4.78 is 31.7. The van der Waals surface area contributed by atoms with E-state index in [9.17, 15) is 13.2 Å². The molecule has 0 spiro atoms. The van der Waals surface area contributed by atoms with Crippen molar-refractivity contribution in [2.24, 2.45) is 0 Å². The predicted octanol–water partition coefficient (Wildman–Crippen LogP) is 4.04. The van der Waals surface area contributed by atoms with Crippen LogP contribution in [0.15, 0.2) is 60.8 Å². The van der Waals surface area contributed by atoms with Crippen LogP contribution in [0.1, 0.15) is 11.1 Å². The van der Waals surface area contributed by atoms with Crippen molar-refractivity contribution in [2.45, 2.75) is 12.6 Å². The fourth-order valence-electron chi connectivity index (χ4n) is 2.14. The van der Waals surface area contributed by atoms with Gasteiger partial charge in [-0.15, -0.1) is 0 Å². The molecule has 0 saturated heterocycles. The summed E-state index contributed by atoms with van der Waals surface area (Å²) in [6, 6.07) is 18.7. The molecule has 1 aromatic heterocycles. The summed E-state index contributed by atoms with van der Waals surface area (Å²) in [5.41, 5.74) is 10.1. The number of nitrogens with two attached hydrogens (primary N) is 1. The van der Waals surface area contributed by atoms with Crippen molar-refractivity contribution in [2.75, 3.05) is 5.73 Å². The molecule has 0 bridgehead atoms. The zero-order valence-electron chi connectivity index (χ0n) is 13.0.